The lowest BCUT2D eigenvalue weighted by molar-refractivity contribution is -0.385. The van der Waals surface area contributed by atoms with Gasteiger partial charge in [-0.3, -0.25) is 10.1 Å². The first-order chi connectivity index (χ1) is 9.69. The summed E-state index contributed by atoms with van der Waals surface area (Å²) in [6.07, 6.45) is 2.17. The van der Waals surface area contributed by atoms with E-state index in [0.717, 1.165) is 25.9 Å². The van der Waals surface area contributed by atoms with Crippen LogP contribution in [0.4, 0.5) is 5.69 Å². The first-order valence-corrected chi connectivity index (χ1v) is 6.93. The maximum Gasteiger partial charge on any atom is 0.274 e. The molecule has 21 heavy (non-hydrogen) atoms. The molecule has 0 saturated heterocycles. The highest BCUT2D eigenvalue weighted by atomic mass is 127. The van der Waals surface area contributed by atoms with Gasteiger partial charge in [-0.2, -0.15) is 0 Å². The van der Waals surface area contributed by atoms with Crippen LogP contribution in [0.15, 0.2) is 29.3 Å². The molecule has 0 spiro atoms. The number of nitro groups is 1. The average Bonchev–Trinajstić information content (AvgIpc) is 2.45. The molecule has 0 fully saturated rings. The molecule has 0 aliphatic rings. The van der Waals surface area contributed by atoms with Gasteiger partial charge in [-0.15, -0.1) is 24.0 Å². The van der Waals surface area contributed by atoms with Gasteiger partial charge in [0.15, 0.2) is 5.96 Å². The highest BCUT2D eigenvalue weighted by molar-refractivity contribution is 14.0. The van der Waals surface area contributed by atoms with Crippen LogP contribution in [-0.2, 0) is 6.54 Å². The summed E-state index contributed by atoms with van der Waals surface area (Å²) in [6.45, 7) is 6.01. The van der Waals surface area contributed by atoms with Crippen LogP contribution in [0.1, 0.15) is 32.3 Å². The van der Waals surface area contributed by atoms with Crippen LogP contribution in [0.2, 0.25) is 0 Å². The molecule has 1 aromatic rings. The molecule has 0 unspecified atom stereocenters. The number of rotatable bonds is 7. The molecule has 6 nitrogen and oxygen atoms in total. The van der Waals surface area contributed by atoms with E-state index in [9.17, 15) is 10.1 Å². The Kier molecular flexibility index (Phi) is 10.6. The van der Waals surface area contributed by atoms with Crippen molar-refractivity contribution >= 4 is 35.6 Å². The molecule has 7 heteroatoms. The number of hydrogen-bond acceptors (Lipinski definition) is 3. The zero-order chi connectivity index (χ0) is 14.8. The quantitative estimate of drug-likeness (QED) is 0.182. The lowest BCUT2D eigenvalue weighted by Gasteiger charge is -2.10. The zero-order valence-corrected chi connectivity index (χ0v) is 14.8. The summed E-state index contributed by atoms with van der Waals surface area (Å²) >= 11 is 0. The van der Waals surface area contributed by atoms with E-state index in [-0.39, 0.29) is 34.6 Å². The van der Waals surface area contributed by atoms with Crippen LogP contribution in [0, 0.1) is 10.1 Å². The minimum Gasteiger partial charge on any atom is -0.357 e. The van der Waals surface area contributed by atoms with Crippen molar-refractivity contribution in [3.05, 3.63) is 39.9 Å². The van der Waals surface area contributed by atoms with Crippen molar-refractivity contribution in [3.63, 3.8) is 0 Å². The molecular weight excluding hydrogens is 383 g/mol. The van der Waals surface area contributed by atoms with Gasteiger partial charge in [0.2, 0.25) is 0 Å². The molecule has 0 radical (unpaired) electrons. The van der Waals surface area contributed by atoms with Gasteiger partial charge in [0.05, 0.1) is 17.0 Å². The van der Waals surface area contributed by atoms with Crippen LogP contribution in [0.3, 0.4) is 0 Å². The SMILES string of the molecule is CCCCNC(=NCc1ccccc1[N+](=O)[O-])NCC.I. The van der Waals surface area contributed by atoms with E-state index in [1.165, 1.54) is 6.07 Å². The Bertz CT molecular complexity index is 466. The van der Waals surface area contributed by atoms with E-state index in [4.69, 9.17) is 0 Å². The standard InChI is InChI=1S/C14H22N4O2.HI/c1-3-5-10-16-14(15-4-2)17-11-12-8-6-7-9-13(12)18(19)20;/h6-9H,3-5,10-11H2,1-2H3,(H2,15,16,17);1H. The van der Waals surface area contributed by atoms with E-state index >= 15 is 0 Å². The molecule has 1 aromatic carbocycles. The van der Waals surface area contributed by atoms with Gasteiger partial charge >= 0.3 is 0 Å². The Morgan fingerprint density at radius 2 is 2.00 bits per heavy atom. The summed E-state index contributed by atoms with van der Waals surface area (Å²) in [5.74, 6) is 0.694. The highest BCUT2D eigenvalue weighted by Gasteiger charge is 2.11. The lowest BCUT2D eigenvalue weighted by Crippen LogP contribution is -2.37. The summed E-state index contributed by atoms with van der Waals surface area (Å²) in [7, 11) is 0. The van der Waals surface area contributed by atoms with Crippen LogP contribution < -0.4 is 10.6 Å². The van der Waals surface area contributed by atoms with Gasteiger partial charge in [0, 0.05) is 19.2 Å². The normalized spacial score (nSPS) is 10.7. The van der Waals surface area contributed by atoms with Crippen LogP contribution >= 0.6 is 24.0 Å². The summed E-state index contributed by atoms with van der Waals surface area (Å²) in [5, 5.41) is 17.3. The first kappa shape index (κ1) is 19.6. The Balaban J connectivity index is 0.00000400. The van der Waals surface area contributed by atoms with Gasteiger partial charge < -0.3 is 10.6 Å². The number of hydrogen-bond donors (Lipinski definition) is 2. The monoisotopic (exact) mass is 406 g/mol. The first-order valence-electron chi connectivity index (χ1n) is 6.93. The predicted octanol–water partition coefficient (Wildman–Crippen LogP) is 3.07. The fourth-order valence-corrected chi connectivity index (χ4v) is 1.71. The van der Waals surface area contributed by atoms with Crippen molar-refractivity contribution in [1.29, 1.82) is 0 Å². The van der Waals surface area contributed by atoms with Crippen molar-refractivity contribution in [2.45, 2.75) is 33.2 Å². The van der Waals surface area contributed by atoms with E-state index < -0.39 is 0 Å². The van der Waals surface area contributed by atoms with Crippen LogP contribution in [-0.4, -0.2) is 24.0 Å². The molecule has 0 heterocycles. The van der Waals surface area contributed by atoms with Crippen molar-refractivity contribution in [2.24, 2.45) is 4.99 Å². The Labute approximate surface area is 142 Å². The second-order valence-electron chi connectivity index (χ2n) is 4.36. The van der Waals surface area contributed by atoms with E-state index in [0.29, 0.717) is 18.1 Å². The fourth-order valence-electron chi connectivity index (χ4n) is 1.71. The lowest BCUT2D eigenvalue weighted by atomic mass is 10.2. The number of unbranched alkanes of at least 4 members (excludes halogenated alkanes) is 1. The third-order valence-electron chi connectivity index (χ3n) is 2.76. The molecule has 0 atom stereocenters. The third-order valence-corrected chi connectivity index (χ3v) is 2.76. The second-order valence-corrected chi connectivity index (χ2v) is 4.36. The van der Waals surface area contributed by atoms with Crippen molar-refractivity contribution < 1.29 is 4.92 Å². The molecule has 0 aliphatic heterocycles. The number of halogens is 1. The summed E-state index contributed by atoms with van der Waals surface area (Å²) < 4.78 is 0. The summed E-state index contributed by atoms with van der Waals surface area (Å²) in [5.41, 5.74) is 0.728. The minimum absolute atomic E-state index is 0. The maximum absolute atomic E-state index is 10.9. The minimum atomic E-state index is -0.373. The zero-order valence-electron chi connectivity index (χ0n) is 12.5. The largest absolute Gasteiger partial charge is 0.357 e. The third kappa shape index (κ3) is 7.26. The maximum atomic E-state index is 10.9. The number of aliphatic imine (C=N–C) groups is 1. The molecule has 0 amide bonds. The number of guanidine groups is 1. The van der Waals surface area contributed by atoms with E-state index in [1.54, 1.807) is 18.2 Å². The Hall–Kier alpha value is -1.38. The summed E-state index contributed by atoms with van der Waals surface area (Å²) in [6, 6.07) is 6.69. The van der Waals surface area contributed by atoms with Gasteiger partial charge in [-0.25, -0.2) is 4.99 Å². The van der Waals surface area contributed by atoms with Crippen molar-refractivity contribution in [3.8, 4) is 0 Å². The van der Waals surface area contributed by atoms with Crippen LogP contribution in [0.5, 0.6) is 0 Å². The van der Waals surface area contributed by atoms with Gasteiger partial charge in [-0.05, 0) is 13.3 Å². The van der Waals surface area contributed by atoms with Gasteiger partial charge in [-0.1, -0.05) is 31.5 Å². The number of nitrogens with one attached hydrogen (secondary N) is 2. The highest BCUT2D eigenvalue weighted by Crippen LogP contribution is 2.18. The topological polar surface area (TPSA) is 79.6 Å². The van der Waals surface area contributed by atoms with Gasteiger partial charge in [0.1, 0.15) is 0 Å². The molecule has 0 saturated carbocycles. The molecule has 0 bridgehead atoms. The predicted molar refractivity (Wildman–Crippen MR) is 96.2 cm³/mol. The molecule has 0 aliphatic carbocycles. The summed E-state index contributed by atoms with van der Waals surface area (Å²) in [4.78, 5) is 14.9. The molecular formula is C14H23IN4O2. The Morgan fingerprint density at radius 1 is 1.29 bits per heavy atom. The second kappa shape index (κ2) is 11.3. The number of benzene rings is 1. The van der Waals surface area contributed by atoms with Gasteiger partial charge in [0.25, 0.3) is 5.69 Å². The molecule has 2 N–H and O–H groups in total. The number of para-hydroxylation sites is 1. The van der Waals surface area contributed by atoms with Crippen molar-refractivity contribution in [1.82, 2.24) is 10.6 Å². The van der Waals surface area contributed by atoms with Crippen LogP contribution in [0.25, 0.3) is 0 Å². The van der Waals surface area contributed by atoms with E-state index in [1.807, 2.05) is 6.92 Å². The Morgan fingerprint density at radius 3 is 2.62 bits per heavy atom. The molecule has 118 valence electrons. The number of nitro benzene ring substituents is 1. The molecule has 1 rings (SSSR count). The smallest absolute Gasteiger partial charge is 0.274 e. The molecule has 0 aromatic heterocycles. The van der Waals surface area contributed by atoms with Crippen molar-refractivity contribution in [2.75, 3.05) is 13.1 Å². The fraction of sp³-hybridized carbons (Fsp3) is 0.500. The average molecular weight is 406 g/mol. The van der Waals surface area contributed by atoms with E-state index in [2.05, 4.69) is 22.5 Å². The number of nitrogens with zero attached hydrogens (tertiary/aromatic N) is 2.